The molecular formula is C14H15N2O3+. The molecular weight excluding hydrogens is 244 g/mol. The van der Waals surface area contributed by atoms with E-state index in [9.17, 15) is 9.90 Å². The summed E-state index contributed by atoms with van der Waals surface area (Å²) in [6.45, 7) is 0.178. The Morgan fingerprint density at radius 3 is 2.74 bits per heavy atom. The largest absolute Gasteiger partial charge is 0.506 e. The van der Waals surface area contributed by atoms with Gasteiger partial charge in [0.1, 0.15) is 11.5 Å². The highest BCUT2D eigenvalue weighted by Crippen LogP contribution is 2.27. The van der Waals surface area contributed by atoms with Gasteiger partial charge in [-0.1, -0.05) is 6.07 Å². The Morgan fingerprint density at radius 2 is 2.05 bits per heavy atom. The molecule has 0 spiro atoms. The first-order valence-corrected chi connectivity index (χ1v) is 5.80. The SMILES string of the molecule is COc1ccc(O)c(NC(=O)C[n+]2ccccc2)c1. The number of nitrogens with zero attached hydrogens (tertiary/aromatic N) is 1. The number of nitrogens with one attached hydrogen (secondary N) is 1. The zero-order valence-corrected chi connectivity index (χ0v) is 10.5. The Morgan fingerprint density at radius 1 is 1.32 bits per heavy atom. The van der Waals surface area contributed by atoms with Crippen LogP contribution in [0.4, 0.5) is 5.69 Å². The molecule has 0 aliphatic rings. The highest BCUT2D eigenvalue weighted by atomic mass is 16.5. The first-order chi connectivity index (χ1) is 9.19. The zero-order valence-electron chi connectivity index (χ0n) is 10.5. The van der Waals surface area contributed by atoms with Gasteiger partial charge in [0.25, 0.3) is 5.91 Å². The number of amides is 1. The molecule has 0 saturated carbocycles. The molecule has 0 aliphatic heterocycles. The second-order valence-electron chi connectivity index (χ2n) is 3.98. The molecule has 0 saturated heterocycles. The Kier molecular flexibility index (Phi) is 3.97. The van der Waals surface area contributed by atoms with Crippen molar-refractivity contribution in [2.24, 2.45) is 0 Å². The predicted molar refractivity (Wildman–Crippen MR) is 69.9 cm³/mol. The van der Waals surface area contributed by atoms with Crippen molar-refractivity contribution in [2.75, 3.05) is 12.4 Å². The smallest absolute Gasteiger partial charge is 0.290 e. The van der Waals surface area contributed by atoms with Crippen LogP contribution in [0.1, 0.15) is 0 Å². The molecule has 1 heterocycles. The van der Waals surface area contributed by atoms with Crippen molar-refractivity contribution >= 4 is 11.6 Å². The van der Waals surface area contributed by atoms with Gasteiger partial charge in [-0.25, -0.2) is 0 Å². The number of phenols is 1. The van der Waals surface area contributed by atoms with E-state index in [1.54, 1.807) is 29.1 Å². The molecule has 5 nitrogen and oxygen atoms in total. The van der Waals surface area contributed by atoms with Crippen LogP contribution in [0.2, 0.25) is 0 Å². The first kappa shape index (κ1) is 12.9. The highest BCUT2D eigenvalue weighted by Gasteiger charge is 2.11. The summed E-state index contributed by atoms with van der Waals surface area (Å²) in [5, 5.41) is 12.3. The summed E-state index contributed by atoms with van der Waals surface area (Å²) in [5.74, 6) is 0.354. The molecule has 0 fully saturated rings. The van der Waals surface area contributed by atoms with Gasteiger partial charge < -0.3 is 15.2 Å². The van der Waals surface area contributed by atoms with Gasteiger partial charge in [0.15, 0.2) is 12.4 Å². The Hall–Kier alpha value is -2.56. The van der Waals surface area contributed by atoms with E-state index in [1.807, 2.05) is 18.2 Å². The Balaban J connectivity index is 2.06. The third-order valence-corrected chi connectivity index (χ3v) is 2.58. The quantitative estimate of drug-likeness (QED) is 0.643. The maximum absolute atomic E-state index is 11.8. The van der Waals surface area contributed by atoms with Crippen LogP contribution in [-0.2, 0) is 11.3 Å². The lowest BCUT2D eigenvalue weighted by atomic mass is 10.2. The summed E-state index contributed by atoms with van der Waals surface area (Å²) in [6, 6.07) is 10.2. The maximum Gasteiger partial charge on any atom is 0.290 e. The molecule has 98 valence electrons. The maximum atomic E-state index is 11.8. The van der Waals surface area contributed by atoms with Crippen molar-refractivity contribution in [3.63, 3.8) is 0 Å². The molecule has 5 heteroatoms. The highest BCUT2D eigenvalue weighted by molar-refractivity contribution is 5.91. The third-order valence-electron chi connectivity index (χ3n) is 2.58. The number of hydrogen-bond donors (Lipinski definition) is 2. The summed E-state index contributed by atoms with van der Waals surface area (Å²) < 4.78 is 6.78. The number of carbonyl (C=O) groups is 1. The van der Waals surface area contributed by atoms with Crippen molar-refractivity contribution in [1.29, 1.82) is 0 Å². The molecule has 19 heavy (non-hydrogen) atoms. The lowest BCUT2D eigenvalue weighted by Crippen LogP contribution is -2.39. The minimum absolute atomic E-state index is 0.00668. The minimum atomic E-state index is -0.222. The molecule has 1 amide bonds. The molecule has 0 aliphatic carbocycles. The standard InChI is InChI=1S/C14H14N2O3/c1-19-11-5-6-13(17)12(9-11)15-14(18)10-16-7-3-2-4-8-16/h2-9H,10H2,1H3,(H-,15,17,18)/p+1. The van der Waals surface area contributed by atoms with Gasteiger partial charge in [0, 0.05) is 18.2 Å². The molecule has 0 atom stereocenters. The van der Waals surface area contributed by atoms with Gasteiger partial charge in [-0.05, 0) is 12.1 Å². The lowest BCUT2D eigenvalue weighted by molar-refractivity contribution is -0.684. The number of aromatic hydroxyl groups is 1. The Labute approximate surface area is 111 Å². The van der Waals surface area contributed by atoms with Crippen molar-refractivity contribution in [2.45, 2.75) is 6.54 Å². The fourth-order valence-corrected chi connectivity index (χ4v) is 1.64. The fourth-order valence-electron chi connectivity index (χ4n) is 1.64. The molecule has 2 rings (SSSR count). The number of hydrogen-bond acceptors (Lipinski definition) is 3. The number of ether oxygens (including phenoxy) is 1. The normalized spacial score (nSPS) is 9.95. The van der Waals surface area contributed by atoms with Gasteiger partial charge in [-0.2, -0.15) is 4.57 Å². The van der Waals surface area contributed by atoms with Crippen LogP contribution in [0, 0.1) is 0 Å². The predicted octanol–water partition coefficient (Wildman–Crippen LogP) is 1.33. The second kappa shape index (κ2) is 5.86. The van der Waals surface area contributed by atoms with Crippen molar-refractivity contribution in [3.8, 4) is 11.5 Å². The van der Waals surface area contributed by atoms with Gasteiger partial charge in [-0.3, -0.25) is 4.79 Å². The first-order valence-electron chi connectivity index (χ1n) is 5.80. The van der Waals surface area contributed by atoms with E-state index in [-0.39, 0.29) is 18.2 Å². The molecule has 2 N–H and O–H groups in total. The van der Waals surface area contributed by atoms with Crippen LogP contribution >= 0.6 is 0 Å². The molecule has 2 aromatic rings. The van der Waals surface area contributed by atoms with Crippen molar-refractivity contribution in [3.05, 3.63) is 48.8 Å². The summed E-state index contributed by atoms with van der Waals surface area (Å²) in [6.07, 6.45) is 3.59. The van der Waals surface area contributed by atoms with Crippen LogP contribution < -0.4 is 14.6 Å². The summed E-state index contributed by atoms with van der Waals surface area (Å²) in [4.78, 5) is 11.8. The minimum Gasteiger partial charge on any atom is -0.506 e. The van der Waals surface area contributed by atoms with Crippen LogP contribution in [-0.4, -0.2) is 18.1 Å². The van der Waals surface area contributed by atoms with Gasteiger partial charge in [0.2, 0.25) is 6.54 Å². The topological polar surface area (TPSA) is 62.4 Å². The fraction of sp³-hybridized carbons (Fsp3) is 0.143. The van der Waals surface area contributed by atoms with E-state index >= 15 is 0 Å². The third kappa shape index (κ3) is 3.45. The van der Waals surface area contributed by atoms with E-state index in [1.165, 1.54) is 13.2 Å². The van der Waals surface area contributed by atoms with Crippen LogP contribution in [0.25, 0.3) is 0 Å². The summed E-state index contributed by atoms with van der Waals surface area (Å²) in [7, 11) is 1.53. The number of aromatic nitrogens is 1. The molecule has 1 aromatic heterocycles. The average Bonchev–Trinajstić information content (AvgIpc) is 2.42. The van der Waals surface area contributed by atoms with Crippen LogP contribution in [0.3, 0.4) is 0 Å². The van der Waals surface area contributed by atoms with E-state index < -0.39 is 0 Å². The summed E-state index contributed by atoms with van der Waals surface area (Å²) >= 11 is 0. The lowest BCUT2D eigenvalue weighted by Gasteiger charge is -2.07. The number of benzene rings is 1. The number of phenolic OH excluding ortho intramolecular Hbond substituents is 1. The van der Waals surface area contributed by atoms with E-state index in [2.05, 4.69) is 5.32 Å². The van der Waals surface area contributed by atoms with Crippen LogP contribution in [0.15, 0.2) is 48.8 Å². The van der Waals surface area contributed by atoms with Gasteiger partial charge in [-0.15, -0.1) is 0 Å². The number of carbonyl (C=O) groups excluding carboxylic acids is 1. The van der Waals surface area contributed by atoms with Gasteiger partial charge >= 0.3 is 0 Å². The van der Waals surface area contributed by atoms with Crippen molar-refractivity contribution < 1.29 is 19.2 Å². The summed E-state index contributed by atoms with van der Waals surface area (Å²) in [5.41, 5.74) is 0.334. The molecule has 1 aromatic carbocycles. The van der Waals surface area contributed by atoms with E-state index in [0.29, 0.717) is 11.4 Å². The van der Waals surface area contributed by atoms with Gasteiger partial charge in [0.05, 0.1) is 12.8 Å². The average molecular weight is 259 g/mol. The number of rotatable bonds is 4. The van der Waals surface area contributed by atoms with E-state index in [0.717, 1.165) is 0 Å². The van der Waals surface area contributed by atoms with E-state index in [4.69, 9.17) is 4.74 Å². The van der Waals surface area contributed by atoms with Crippen molar-refractivity contribution in [1.82, 2.24) is 0 Å². The molecule has 0 radical (unpaired) electrons. The Bertz CT molecular complexity index is 570. The number of methoxy groups -OCH3 is 1. The molecule has 0 bridgehead atoms. The molecule has 0 unspecified atom stereocenters. The zero-order chi connectivity index (χ0) is 13.7. The van der Waals surface area contributed by atoms with Crippen LogP contribution in [0.5, 0.6) is 11.5 Å². The number of anilines is 1. The monoisotopic (exact) mass is 259 g/mol. The number of pyridine rings is 1. The second-order valence-corrected chi connectivity index (χ2v) is 3.98.